The van der Waals surface area contributed by atoms with Crippen LogP contribution in [0.5, 0.6) is 0 Å². The van der Waals surface area contributed by atoms with Crippen LogP contribution in [0.25, 0.3) is 0 Å². The van der Waals surface area contributed by atoms with E-state index in [1.165, 1.54) is 11.6 Å². The Bertz CT molecular complexity index is 620. The van der Waals surface area contributed by atoms with Gasteiger partial charge in [0.15, 0.2) is 0 Å². The Kier molecular flexibility index (Phi) is 4.84. The predicted molar refractivity (Wildman–Crippen MR) is 87.9 cm³/mol. The third kappa shape index (κ3) is 3.35. The summed E-state index contributed by atoms with van der Waals surface area (Å²) in [6.07, 6.45) is 0.207. The van der Waals surface area contributed by atoms with Gasteiger partial charge in [0.25, 0.3) is 0 Å². The molecule has 0 bridgehead atoms. The van der Waals surface area contributed by atoms with Gasteiger partial charge in [0.2, 0.25) is 0 Å². The van der Waals surface area contributed by atoms with Crippen LogP contribution in [0.2, 0.25) is 0 Å². The average Bonchev–Trinajstić information content (AvgIpc) is 2.49. The summed E-state index contributed by atoms with van der Waals surface area (Å²) in [6.45, 7) is 6.55. The molecular formula is C18H20BrFO. The lowest BCUT2D eigenvalue weighted by Crippen LogP contribution is -2.15. The fraction of sp³-hybridized carbons (Fsp3) is 0.333. The third-order valence-electron chi connectivity index (χ3n) is 4.17. The number of benzene rings is 2. The molecule has 3 heteroatoms. The van der Waals surface area contributed by atoms with Crippen molar-refractivity contribution in [2.24, 2.45) is 0 Å². The van der Waals surface area contributed by atoms with Gasteiger partial charge >= 0.3 is 0 Å². The van der Waals surface area contributed by atoms with Crippen molar-refractivity contribution in [3.05, 3.63) is 69.4 Å². The van der Waals surface area contributed by atoms with Crippen molar-refractivity contribution in [1.29, 1.82) is 0 Å². The molecule has 0 aliphatic heterocycles. The average molecular weight is 351 g/mol. The molecule has 1 unspecified atom stereocenters. The van der Waals surface area contributed by atoms with E-state index in [2.05, 4.69) is 36.7 Å². The normalized spacial score (nSPS) is 13.2. The van der Waals surface area contributed by atoms with Crippen LogP contribution in [0.3, 0.4) is 0 Å². The summed E-state index contributed by atoms with van der Waals surface area (Å²) in [6, 6.07) is 12.6. The van der Waals surface area contributed by atoms with E-state index in [0.717, 1.165) is 12.0 Å². The van der Waals surface area contributed by atoms with Crippen molar-refractivity contribution in [2.75, 3.05) is 0 Å². The van der Waals surface area contributed by atoms with E-state index in [-0.39, 0.29) is 11.2 Å². The topological polar surface area (TPSA) is 20.2 Å². The Morgan fingerprint density at radius 2 is 1.76 bits per heavy atom. The highest BCUT2D eigenvalue weighted by atomic mass is 79.9. The van der Waals surface area contributed by atoms with E-state index >= 15 is 0 Å². The Hall–Kier alpha value is -1.19. The maximum atomic E-state index is 13.6. The molecule has 0 saturated heterocycles. The summed E-state index contributed by atoms with van der Waals surface area (Å²) in [5, 5.41) is 10.5. The minimum atomic E-state index is -0.839. The van der Waals surface area contributed by atoms with Gasteiger partial charge in [-0.05, 0) is 45.0 Å². The predicted octanol–water partition coefficient (Wildman–Crippen LogP) is 5.36. The SMILES string of the molecule is CCC(C)(C)c1ccc(C(O)c2cccc(F)c2Br)cc1. The van der Waals surface area contributed by atoms with Gasteiger partial charge in [-0.1, -0.05) is 57.2 Å². The van der Waals surface area contributed by atoms with Crippen LogP contribution in [-0.2, 0) is 5.41 Å². The van der Waals surface area contributed by atoms with Gasteiger partial charge in [0.1, 0.15) is 11.9 Å². The first-order valence-corrected chi connectivity index (χ1v) is 7.88. The molecule has 1 nitrogen and oxygen atoms in total. The Morgan fingerprint density at radius 3 is 2.33 bits per heavy atom. The van der Waals surface area contributed by atoms with Crippen LogP contribution in [0, 0.1) is 5.82 Å². The molecular weight excluding hydrogens is 331 g/mol. The monoisotopic (exact) mass is 350 g/mol. The highest BCUT2D eigenvalue weighted by molar-refractivity contribution is 9.10. The van der Waals surface area contributed by atoms with E-state index in [9.17, 15) is 9.50 Å². The molecule has 0 aliphatic carbocycles. The largest absolute Gasteiger partial charge is 0.384 e. The Balaban J connectivity index is 2.32. The van der Waals surface area contributed by atoms with Crippen molar-refractivity contribution >= 4 is 15.9 Å². The molecule has 0 spiro atoms. The first-order valence-electron chi connectivity index (χ1n) is 7.09. The molecule has 1 N–H and O–H groups in total. The lowest BCUT2D eigenvalue weighted by molar-refractivity contribution is 0.219. The first kappa shape index (κ1) is 16.2. The van der Waals surface area contributed by atoms with E-state index < -0.39 is 6.10 Å². The molecule has 112 valence electrons. The Morgan fingerprint density at radius 1 is 1.14 bits per heavy atom. The van der Waals surface area contributed by atoms with Crippen molar-refractivity contribution in [1.82, 2.24) is 0 Å². The van der Waals surface area contributed by atoms with Crippen LogP contribution < -0.4 is 0 Å². The summed E-state index contributed by atoms with van der Waals surface area (Å²) < 4.78 is 13.9. The quantitative estimate of drug-likeness (QED) is 0.786. The summed E-state index contributed by atoms with van der Waals surface area (Å²) in [4.78, 5) is 0. The molecule has 0 aromatic heterocycles. The number of aliphatic hydroxyl groups excluding tert-OH is 1. The van der Waals surface area contributed by atoms with Gasteiger partial charge in [-0.2, -0.15) is 0 Å². The van der Waals surface area contributed by atoms with Gasteiger partial charge in [-0.15, -0.1) is 0 Å². The zero-order chi connectivity index (χ0) is 15.6. The van der Waals surface area contributed by atoms with Crippen molar-refractivity contribution in [2.45, 2.75) is 38.7 Å². The van der Waals surface area contributed by atoms with E-state index in [1.54, 1.807) is 12.1 Å². The maximum absolute atomic E-state index is 13.6. The minimum Gasteiger partial charge on any atom is -0.384 e. The highest BCUT2D eigenvalue weighted by Gasteiger charge is 2.20. The smallest absolute Gasteiger partial charge is 0.137 e. The van der Waals surface area contributed by atoms with Gasteiger partial charge in [-0.25, -0.2) is 4.39 Å². The highest BCUT2D eigenvalue weighted by Crippen LogP contribution is 2.32. The fourth-order valence-corrected chi connectivity index (χ4v) is 2.71. The molecule has 21 heavy (non-hydrogen) atoms. The van der Waals surface area contributed by atoms with Gasteiger partial charge in [0, 0.05) is 5.56 Å². The van der Waals surface area contributed by atoms with Crippen molar-refractivity contribution < 1.29 is 9.50 Å². The van der Waals surface area contributed by atoms with Crippen LogP contribution in [0.4, 0.5) is 4.39 Å². The first-order chi connectivity index (χ1) is 9.86. The molecule has 2 aromatic carbocycles. The molecule has 0 saturated carbocycles. The lowest BCUT2D eigenvalue weighted by Gasteiger charge is -2.24. The number of rotatable bonds is 4. The number of aliphatic hydroxyl groups is 1. The maximum Gasteiger partial charge on any atom is 0.137 e. The Labute approximate surface area is 134 Å². The van der Waals surface area contributed by atoms with E-state index in [4.69, 9.17) is 0 Å². The zero-order valence-electron chi connectivity index (χ0n) is 12.5. The molecule has 0 amide bonds. The van der Waals surface area contributed by atoms with E-state index in [0.29, 0.717) is 10.0 Å². The summed E-state index contributed by atoms with van der Waals surface area (Å²) in [5.74, 6) is -0.365. The lowest BCUT2D eigenvalue weighted by atomic mass is 9.81. The minimum absolute atomic E-state index is 0.114. The van der Waals surface area contributed by atoms with Crippen molar-refractivity contribution in [3.8, 4) is 0 Å². The van der Waals surface area contributed by atoms with Gasteiger partial charge in [-0.3, -0.25) is 0 Å². The van der Waals surface area contributed by atoms with Crippen LogP contribution >= 0.6 is 15.9 Å². The molecule has 0 aliphatic rings. The van der Waals surface area contributed by atoms with Crippen molar-refractivity contribution in [3.63, 3.8) is 0 Å². The second-order valence-corrected chi connectivity index (χ2v) is 6.70. The summed E-state index contributed by atoms with van der Waals surface area (Å²) in [5.41, 5.74) is 2.65. The number of halogens is 2. The number of hydrogen-bond donors (Lipinski definition) is 1. The van der Waals surface area contributed by atoms with Gasteiger partial charge in [0.05, 0.1) is 4.47 Å². The summed E-state index contributed by atoms with van der Waals surface area (Å²) in [7, 11) is 0. The second kappa shape index (κ2) is 6.29. The van der Waals surface area contributed by atoms with Crippen LogP contribution in [0.15, 0.2) is 46.9 Å². The number of hydrogen-bond acceptors (Lipinski definition) is 1. The zero-order valence-corrected chi connectivity index (χ0v) is 14.1. The van der Waals surface area contributed by atoms with Crippen LogP contribution in [0.1, 0.15) is 50.0 Å². The molecule has 2 aromatic rings. The fourth-order valence-electron chi connectivity index (χ4n) is 2.23. The molecule has 0 fully saturated rings. The van der Waals surface area contributed by atoms with Crippen LogP contribution in [-0.4, -0.2) is 5.11 Å². The molecule has 1 atom stereocenters. The molecule has 2 rings (SSSR count). The molecule has 0 radical (unpaired) electrons. The van der Waals surface area contributed by atoms with Gasteiger partial charge < -0.3 is 5.11 Å². The third-order valence-corrected chi connectivity index (χ3v) is 5.00. The summed E-state index contributed by atoms with van der Waals surface area (Å²) >= 11 is 3.20. The second-order valence-electron chi connectivity index (χ2n) is 5.91. The van der Waals surface area contributed by atoms with E-state index in [1.807, 2.05) is 24.3 Å². The molecule has 0 heterocycles. The standard InChI is InChI=1S/C18H20BrFO/c1-4-18(2,3)13-10-8-12(9-11-13)17(21)14-6-5-7-15(20)16(14)19/h5-11,17,21H,4H2,1-3H3.